The molecule has 0 spiro atoms. The van der Waals surface area contributed by atoms with Crippen molar-refractivity contribution >= 4 is 17.7 Å². The first kappa shape index (κ1) is 15.1. The lowest BCUT2D eigenvalue weighted by molar-refractivity contribution is -0.385. The van der Waals surface area contributed by atoms with Gasteiger partial charge in [-0.05, 0) is 12.1 Å². The molecule has 0 aliphatic carbocycles. The lowest BCUT2D eigenvalue weighted by Crippen LogP contribution is -2.23. The highest BCUT2D eigenvalue weighted by Gasteiger charge is 2.14. The minimum atomic E-state index is -0.585. The van der Waals surface area contributed by atoms with E-state index in [0.29, 0.717) is 25.1 Å². The van der Waals surface area contributed by atoms with E-state index in [9.17, 15) is 14.9 Å². The number of nitrogens with zero attached hydrogens (tertiary/aromatic N) is 2. The minimum Gasteiger partial charge on any atom is -0.394 e. The summed E-state index contributed by atoms with van der Waals surface area (Å²) in [5.41, 5.74) is 0.537. The van der Waals surface area contributed by atoms with Crippen LogP contribution in [0.1, 0.15) is 10.4 Å². The summed E-state index contributed by atoms with van der Waals surface area (Å²) in [6, 6.07) is 4.36. The van der Waals surface area contributed by atoms with Crippen LogP contribution in [-0.2, 0) is 4.74 Å². The number of rotatable bonds is 8. The summed E-state index contributed by atoms with van der Waals surface area (Å²) in [7, 11) is 1.79. The van der Waals surface area contributed by atoms with Crippen molar-refractivity contribution < 1.29 is 19.6 Å². The monoisotopic (exact) mass is 268 g/mol. The fourth-order valence-corrected chi connectivity index (χ4v) is 1.54. The molecule has 1 N–H and O–H groups in total. The Morgan fingerprint density at radius 3 is 2.79 bits per heavy atom. The highest BCUT2D eigenvalue weighted by molar-refractivity contribution is 5.83. The van der Waals surface area contributed by atoms with Crippen LogP contribution in [-0.4, -0.2) is 49.7 Å². The number of nitro benzene ring substituents is 1. The van der Waals surface area contributed by atoms with Gasteiger partial charge in [0.2, 0.25) is 0 Å². The summed E-state index contributed by atoms with van der Waals surface area (Å²) >= 11 is 0. The van der Waals surface area contributed by atoms with Crippen LogP contribution >= 0.6 is 0 Å². The van der Waals surface area contributed by atoms with Crippen molar-refractivity contribution in [1.29, 1.82) is 0 Å². The number of carbonyl (C=O) groups excluding carboxylic acids is 1. The molecule has 0 bridgehead atoms. The van der Waals surface area contributed by atoms with Crippen molar-refractivity contribution in [1.82, 2.24) is 0 Å². The number of benzene rings is 1. The third-order valence-electron chi connectivity index (χ3n) is 2.58. The molecule has 0 fully saturated rings. The summed E-state index contributed by atoms with van der Waals surface area (Å²) in [4.78, 5) is 22.8. The van der Waals surface area contributed by atoms with E-state index in [1.54, 1.807) is 13.1 Å². The van der Waals surface area contributed by atoms with Gasteiger partial charge in [0.1, 0.15) is 0 Å². The summed E-state index contributed by atoms with van der Waals surface area (Å²) < 4.78 is 5.12. The minimum absolute atomic E-state index is 0.0312. The molecule has 0 atom stereocenters. The van der Waals surface area contributed by atoms with Gasteiger partial charge in [-0.3, -0.25) is 14.9 Å². The first-order chi connectivity index (χ1) is 9.10. The molecule has 19 heavy (non-hydrogen) atoms. The Bertz CT molecular complexity index is 450. The number of nitro groups is 1. The van der Waals surface area contributed by atoms with Crippen molar-refractivity contribution in [3.63, 3.8) is 0 Å². The number of hydrogen-bond donors (Lipinski definition) is 1. The number of aliphatic hydroxyl groups is 1. The van der Waals surface area contributed by atoms with Crippen LogP contribution in [0.3, 0.4) is 0 Å². The second kappa shape index (κ2) is 7.45. The molecule has 0 radical (unpaired) electrons. The van der Waals surface area contributed by atoms with E-state index in [1.165, 1.54) is 12.1 Å². The molecular formula is C12H16N2O5. The van der Waals surface area contributed by atoms with Crippen LogP contribution in [0.4, 0.5) is 11.4 Å². The van der Waals surface area contributed by atoms with Gasteiger partial charge < -0.3 is 14.7 Å². The van der Waals surface area contributed by atoms with E-state index in [-0.39, 0.29) is 24.5 Å². The van der Waals surface area contributed by atoms with Crippen molar-refractivity contribution in [2.24, 2.45) is 0 Å². The van der Waals surface area contributed by atoms with Gasteiger partial charge in [-0.25, -0.2) is 0 Å². The smallest absolute Gasteiger partial charge is 0.280 e. The molecule has 0 saturated heterocycles. The Labute approximate surface area is 110 Å². The topological polar surface area (TPSA) is 92.9 Å². The molecule has 7 heteroatoms. The Balaban J connectivity index is 2.73. The van der Waals surface area contributed by atoms with Crippen molar-refractivity contribution in [2.45, 2.75) is 0 Å². The molecule has 0 aromatic heterocycles. The van der Waals surface area contributed by atoms with Crippen molar-refractivity contribution in [3.8, 4) is 0 Å². The first-order valence-electron chi connectivity index (χ1n) is 5.73. The van der Waals surface area contributed by atoms with Gasteiger partial charge in [0.25, 0.3) is 5.69 Å². The SMILES string of the molecule is CN(CCOCCO)c1ccc([N+](=O)[O-])c(C=O)c1. The first-order valence-corrected chi connectivity index (χ1v) is 5.73. The third kappa shape index (κ3) is 4.31. The van der Waals surface area contributed by atoms with Crippen LogP contribution in [0.2, 0.25) is 0 Å². The maximum absolute atomic E-state index is 10.8. The van der Waals surface area contributed by atoms with E-state index in [2.05, 4.69) is 0 Å². The lowest BCUT2D eigenvalue weighted by Gasteiger charge is -2.19. The largest absolute Gasteiger partial charge is 0.394 e. The highest BCUT2D eigenvalue weighted by Crippen LogP contribution is 2.22. The Morgan fingerprint density at radius 1 is 1.47 bits per heavy atom. The predicted molar refractivity (Wildman–Crippen MR) is 69.7 cm³/mol. The van der Waals surface area contributed by atoms with Gasteiger partial charge in [0.15, 0.2) is 6.29 Å². The summed E-state index contributed by atoms with van der Waals surface area (Å²) in [5.74, 6) is 0. The quantitative estimate of drug-likeness (QED) is 0.325. The van der Waals surface area contributed by atoms with Gasteiger partial charge >= 0.3 is 0 Å². The Morgan fingerprint density at radius 2 is 2.21 bits per heavy atom. The molecule has 104 valence electrons. The fourth-order valence-electron chi connectivity index (χ4n) is 1.54. The van der Waals surface area contributed by atoms with Gasteiger partial charge in [-0.1, -0.05) is 0 Å². The van der Waals surface area contributed by atoms with Crippen LogP contribution in [0.25, 0.3) is 0 Å². The summed E-state index contributed by atoms with van der Waals surface area (Å²) in [6.45, 7) is 1.21. The molecule has 0 unspecified atom stereocenters. The maximum atomic E-state index is 10.8. The van der Waals surface area contributed by atoms with Crippen LogP contribution in [0.15, 0.2) is 18.2 Å². The maximum Gasteiger partial charge on any atom is 0.280 e. The molecular weight excluding hydrogens is 252 g/mol. The average Bonchev–Trinajstić information content (AvgIpc) is 2.42. The number of ether oxygens (including phenoxy) is 1. The fraction of sp³-hybridized carbons (Fsp3) is 0.417. The van der Waals surface area contributed by atoms with Gasteiger partial charge in [0, 0.05) is 25.3 Å². The number of aldehydes is 1. The number of likely N-dealkylation sites (N-methyl/N-ethyl adjacent to an activating group) is 1. The zero-order chi connectivity index (χ0) is 14.3. The standard InChI is InChI=1S/C12H16N2O5/c1-13(4-6-19-7-5-15)11-2-3-12(14(17)18)10(8-11)9-16/h2-3,8-9,15H,4-7H2,1H3. The summed E-state index contributed by atoms with van der Waals surface area (Å²) in [6.07, 6.45) is 0.470. The van der Waals surface area contributed by atoms with Crippen molar-refractivity contribution in [2.75, 3.05) is 38.3 Å². The number of aliphatic hydroxyl groups excluding tert-OH is 1. The zero-order valence-corrected chi connectivity index (χ0v) is 10.6. The van der Waals surface area contributed by atoms with E-state index in [0.717, 1.165) is 0 Å². The molecule has 7 nitrogen and oxygen atoms in total. The molecule has 1 aromatic rings. The second-order valence-electron chi connectivity index (χ2n) is 3.88. The number of carbonyl (C=O) groups is 1. The lowest BCUT2D eigenvalue weighted by atomic mass is 10.1. The van der Waals surface area contributed by atoms with E-state index in [1.807, 2.05) is 4.90 Å². The summed E-state index contributed by atoms with van der Waals surface area (Å²) in [5, 5.41) is 19.3. The van der Waals surface area contributed by atoms with E-state index < -0.39 is 4.92 Å². The van der Waals surface area contributed by atoms with Gasteiger partial charge in [-0.15, -0.1) is 0 Å². The Hall–Kier alpha value is -1.99. The molecule has 0 heterocycles. The highest BCUT2D eigenvalue weighted by atomic mass is 16.6. The normalized spacial score (nSPS) is 10.2. The molecule has 1 rings (SSSR count). The average molecular weight is 268 g/mol. The zero-order valence-electron chi connectivity index (χ0n) is 10.6. The van der Waals surface area contributed by atoms with E-state index >= 15 is 0 Å². The van der Waals surface area contributed by atoms with Crippen LogP contribution in [0, 0.1) is 10.1 Å². The van der Waals surface area contributed by atoms with Gasteiger partial charge in [-0.2, -0.15) is 0 Å². The van der Waals surface area contributed by atoms with Crippen LogP contribution in [0.5, 0.6) is 0 Å². The number of hydrogen-bond acceptors (Lipinski definition) is 6. The van der Waals surface area contributed by atoms with E-state index in [4.69, 9.17) is 9.84 Å². The molecule has 0 amide bonds. The predicted octanol–water partition coefficient (Wildman–Crippen LogP) is 0.852. The number of anilines is 1. The van der Waals surface area contributed by atoms with Gasteiger partial charge in [0.05, 0.1) is 30.3 Å². The van der Waals surface area contributed by atoms with Crippen molar-refractivity contribution in [3.05, 3.63) is 33.9 Å². The van der Waals surface area contributed by atoms with Crippen LogP contribution < -0.4 is 4.90 Å². The third-order valence-corrected chi connectivity index (χ3v) is 2.58. The molecule has 0 saturated carbocycles. The molecule has 0 aliphatic rings. The second-order valence-corrected chi connectivity index (χ2v) is 3.88. The Kier molecular flexibility index (Phi) is 5.91. The molecule has 0 aliphatic heterocycles. The molecule has 1 aromatic carbocycles.